The maximum Gasteiger partial charge on any atom is 0.339 e. The van der Waals surface area contributed by atoms with E-state index in [4.69, 9.17) is 38.4 Å². The Morgan fingerprint density at radius 2 is 1.76 bits per heavy atom. The molecule has 0 fully saturated rings. The number of ether oxygens (including phenoxy) is 2. The largest absolute Gasteiger partial charge is 0.494 e. The summed E-state index contributed by atoms with van der Waals surface area (Å²) < 4.78 is 9.81. The van der Waals surface area contributed by atoms with Gasteiger partial charge in [-0.25, -0.2) is 9.59 Å². The van der Waals surface area contributed by atoms with Crippen LogP contribution < -0.4 is 15.8 Å². The first-order chi connectivity index (χ1) is 9.76. The number of nitrogens with one attached hydrogen (secondary N) is 1. The van der Waals surface area contributed by atoms with Crippen molar-refractivity contribution in [3.63, 3.8) is 0 Å². The first-order valence-corrected chi connectivity index (χ1v) is 6.36. The molecule has 0 bridgehead atoms. The third-order valence-corrected chi connectivity index (χ3v) is 2.90. The number of methoxy groups -OCH3 is 1. The first-order valence-electron chi connectivity index (χ1n) is 5.60. The molecule has 7 nitrogen and oxygen atoms in total. The zero-order chi connectivity index (χ0) is 16.2. The number of benzene rings is 1. The van der Waals surface area contributed by atoms with Gasteiger partial charge in [0.2, 0.25) is 0 Å². The SMILES string of the molecule is COc1c(Cl)cc(C(=O)O[C@H](C)C(=O)NC(N)=O)cc1Cl. The fraction of sp³-hybridized carbons (Fsp3) is 0.250. The van der Waals surface area contributed by atoms with Crippen molar-refractivity contribution in [2.45, 2.75) is 13.0 Å². The van der Waals surface area contributed by atoms with E-state index in [1.54, 1.807) is 5.32 Å². The van der Waals surface area contributed by atoms with Gasteiger partial charge in [-0.05, 0) is 19.1 Å². The van der Waals surface area contributed by atoms with Gasteiger partial charge in [-0.3, -0.25) is 10.1 Å². The summed E-state index contributed by atoms with van der Waals surface area (Å²) >= 11 is 11.8. The van der Waals surface area contributed by atoms with Gasteiger partial charge in [-0.2, -0.15) is 0 Å². The Labute approximate surface area is 130 Å². The van der Waals surface area contributed by atoms with Crippen LogP contribution in [0, 0.1) is 0 Å². The summed E-state index contributed by atoms with van der Waals surface area (Å²) in [6.45, 7) is 1.28. The number of urea groups is 1. The molecule has 1 aromatic carbocycles. The third kappa shape index (κ3) is 4.51. The molecule has 0 aliphatic rings. The molecule has 1 atom stereocenters. The topological polar surface area (TPSA) is 108 Å². The van der Waals surface area contributed by atoms with E-state index in [1.165, 1.54) is 26.2 Å². The number of hydrogen-bond acceptors (Lipinski definition) is 5. The van der Waals surface area contributed by atoms with Gasteiger partial charge in [0.1, 0.15) is 0 Å². The minimum absolute atomic E-state index is 0.0320. The van der Waals surface area contributed by atoms with Gasteiger partial charge in [0, 0.05) is 0 Å². The Morgan fingerprint density at radius 3 is 2.19 bits per heavy atom. The van der Waals surface area contributed by atoms with E-state index in [2.05, 4.69) is 0 Å². The van der Waals surface area contributed by atoms with Crippen LogP contribution in [0.1, 0.15) is 17.3 Å². The van der Waals surface area contributed by atoms with E-state index in [9.17, 15) is 14.4 Å². The average Bonchev–Trinajstić information content (AvgIpc) is 2.37. The maximum absolute atomic E-state index is 11.9. The Bertz CT molecular complexity index is 568. The Morgan fingerprint density at radius 1 is 1.24 bits per heavy atom. The number of rotatable bonds is 4. The Kier molecular flexibility index (Phi) is 5.80. The number of halogens is 2. The summed E-state index contributed by atoms with van der Waals surface area (Å²) in [5.41, 5.74) is 4.82. The van der Waals surface area contributed by atoms with Gasteiger partial charge >= 0.3 is 12.0 Å². The highest BCUT2D eigenvalue weighted by atomic mass is 35.5. The number of carbonyl (C=O) groups is 3. The minimum Gasteiger partial charge on any atom is -0.494 e. The number of hydrogen-bond donors (Lipinski definition) is 2. The molecule has 3 amide bonds. The minimum atomic E-state index is -1.22. The molecule has 1 rings (SSSR count). The molecule has 0 saturated carbocycles. The fourth-order valence-corrected chi connectivity index (χ4v) is 2.02. The van der Waals surface area contributed by atoms with Crippen molar-refractivity contribution in [1.82, 2.24) is 5.32 Å². The molecule has 0 aliphatic carbocycles. The third-order valence-electron chi connectivity index (χ3n) is 2.34. The van der Waals surface area contributed by atoms with Crippen LogP contribution in [0.2, 0.25) is 10.0 Å². The van der Waals surface area contributed by atoms with Crippen LogP contribution in [-0.2, 0) is 9.53 Å². The summed E-state index contributed by atoms with van der Waals surface area (Å²) in [7, 11) is 1.38. The van der Waals surface area contributed by atoms with Crippen LogP contribution in [0.25, 0.3) is 0 Å². The second-order valence-corrected chi connectivity index (χ2v) is 4.69. The van der Waals surface area contributed by atoms with Crippen molar-refractivity contribution in [1.29, 1.82) is 0 Å². The molecule has 3 N–H and O–H groups in total. The first kappa shape index (κ1) is 17.1. The zero-order valence-electron chi connectivity index (χ0n) is 11.1. The normalized spacial score (nSPS) is 11.4. The molecule has 0 saturated heterocycles. The number of imide groups is 1. The van der Waals surface area contributed by atoms with Crippen LogP contribution in [0.15, 0.2) is 12.1 Å². The van der Waals surface area contributed by atoms with Crippen LogP contribution in [0.3, 0.4) is 0 Å². The molecule has 0 unspecified atom stereocenters. The van der Waals surface area contributed by atoms with Gasteiger partial charge in [0.15, 0.2) is 11.9 Å². The molecule has 0 radical (unpaired) electrons. The average molecular weight is 335 g/mol. The lowest BCUT2D eigenvalue weighted by atomic mass is 10.2. The predicted octanol–water partition coefficient (Wildman–Crippen LogP) is 1.74. The lowest BCUT2D eigenvalue weighted by molar-refractivity contribution is -0.127. The zero-order valence-corrected chi connectivity index (χ0v) is 12.6. The number of nitrogens with two attached hydrogens (primary N) is 1. The van der Waals surface area contributed by atoms with Gasteiger partial charge < -0.3 is 15.2 Å². The molecule has 1 aromatic rings. The van der Waals surface area contributed by atoms with Crippen molar-refractivity contribution in [2.75, 3.05) is 7.11 Å². The van der Waals surface area contributed by atoms with Crippen molar-refractivity contribution in [2.24, 2.45) is 5.73 Å². The van der Waals surface area contributed by atoms with E-state index in [1.807, 2.05) is 0 Å². The van der Waals surface area contributed by atoms with Crippen LogP contribution in [0.5, 0.6) is 5.75 Å². The highest BCUT2D eigenvalue weighted by Gasteiger charge is 2.21. The van der Waals surface area contributed by atoms with Crippen LogP contribution in [0.4, 0.5) is 4.79 Å². The van der Waals surface area contributed by atoms with Gasteiger partial charge in [0.25, 0.3) is 5.91 Å². The number of amides is 3. The van der Waals surface area contributed by atoms with Crippen molar-refractivity contribution in [3.05, 3.63) is 27.7 Å². The highest BCUT2D eigenvalue weighted by Crippen LogP contribution is 2.34. The van der Waals surface area contributed by atoms with E-state index >= 15 is 0 Å². The number of carbonyl (C=O) groups excluding carboxylic acids is 3. The van der Waals surface area contributed by atoms with E-state index < -0.39 is 24.0 Å². The standard InChI is InChI=1S/C12H12Cl2N2O5/c1-5(10(17)16-12(15)19)21-11(18)6-3-7(13)9(20-2)8(14)4-6/h3-5H,1-2H3,(H3,15,16,17,19)/t5-/m1/s1. The predicted molar refractivity (Wildman–Crippen MR) is 75.6 cm³/mol. The van der Waals surface area contributed by atoms with E-state index in [0.717, 1.165) is 0 Å². The summed E-state index contributed by atoms with van der Waals surface area (Å²) in [6, 6.07) is 1.53. The van der Waals surface area contributed by atoms with E-state index in [-0.39, 0.29) is 21.4 Å². The summed E-state index contributed by atoms with van der Waals surface area (Å²) in [5, 5.41) is 2.02. The smallest absolute Gasteiger partial charge is 0.339 e. The molecule has 0 spiro atoms. The molecule has 0 aromatic heterocycles. The number of primary amides is 1. The van der Waals surface area contributed by atoms with Gasteiger partial charge in [-0.15, -0.1) is 0 Å². The second kappa shape index (κ2) is 7.14. The molecular formula is C12H12Cl2N2O5. The second-order valence-electron chi connectivity index (χ2n) is 3.87. The Balaban J connectivity index is 2.85. The quantitative estimate of drug-likeness (QED) is 0.815. The molecule has 9 heteroatoms. The summed E-state index contributed by atoms with van der Waals surface area (Å²) in [6.07, 6.45) is -1.22. The molecule has 114 valence electrons. The monoisotopic (exact) mass is 334 g/mol. The molecular weight excluding hydrogens is 323 g/mol. The van der Waals surface area contributed by atoms with Gasteiger partial charge in [0.05, 0.1) is 22.7 Å². The van der Waals surface area contributed by atoms with Crippen molar-refractivity contribution >= 4 is 41.1 Å². The molecule has 0 aliphatic heterocycles. The molecule has 21 heavy (non-hydrogen) atoms. The lowest BCUT2D eigenvalue weighted by Gasteiger charge is -2.13. The highest BCUT2D eigenvalue weighted by molar-refractivity contribution is 6.37. The number of esters is 1. The Hall–Kier alpha value is -1.99. The summed E-state index contributed by atoms with van der Waals surface area (Å²) in [5.74, 6) is -1.47. The van der Waals surface area contributed by atoms with Crippen molar-refractivity contribution in [3.8, 4) is 5.75 Å². The summed E-state index contributed by atoms with van der Waals surface area (Å²) in [4.78, 5) is 33.8. The maximum atomic E-state index is 11.9. The van der Waals surface area contributed by atoms with Crippen molar-refractivity contribution < 1.29 is 23.9 Å². The van der Waals surface area contributed by atoms with Crippen LogP contribution in [-0.4, -0.2) is 31.1 Å². The van der Waals surface area contributed by atoms with E-state index in [0.29, 0.717) is 0 Å². The fourth-order valence-electron chi connectivity index (χ4n) is 1.38. The van der Waals surface area contributed by atoms with Crippen LogP contribution >= 0.6 is 23.2 Å². The lowest BCUT2D eigenvalue weighted by Crippen LogP contribution is -2.42. The molecule has 0 heterocycles. The van der Waals surface area contributed by atoms with Gasteiger partial charge in [-0.1, -0.05) is 23.2 Å².